The summed E-state index contributed by atoms with van der Waals surface area (Å²) in [5, 5.41) is 11.1. The molecule has 1 aromatic heterocycles. The Kier molecular flexibility index (Phi) is 4.86. The molecule has 0 spiro atoms. The number of aromatic carboxylic acids is 1. The average molecular weight is 400 g/mol. The Balaban J connectivity index is 2.11. The molecule has 146 valence electrons. The molecule has 3 rings (SSSR count). The van der Waals surface area contributed by atoms with Crippen molar-refractivity contribution >= 4 is 21.7 Å². The molecule has 0 saturated carbocycles. The zero-order chi connectivity index (χ0) is 20.6. The molecule has 3 aromatic rings. The fraction of sp³-hybridized carbons (Fsp3) is 0.158. The summed E-state index contributed by atoms with van der Waals surface area (Å²) in [6.45, 7) is 3.15. The lowest BCUT2D eigenvalue weighted by molar-refractivity contribution is -0.255. The molecule has 0 amide bonds. The van der Waals surface area contributed by atoms with Crippen LogP contribution in [0.4, 0.5) is 5.69 Å². The monoisotopic (exact) mass is 400 g/mol. The van der Waals surface area contributed by atoms with Crippen LogP contribution >= 0.6 is 0 Å². The van der Waals surface area contributed by atoms with Crippen LogP contribution in [0.1, 0.15) is 21.6 Å². The van der Waals surface area contributed by atoms with Gasteiger partial charge in [-0.2, -0.15) is 0 Å². The van der Waals surface area contributed by atoms with E-state index in [4.69, 9.17) is 0 Å². The van der Waals surface area contributed by atoms with Gasteiger partial charge in [0.2, 0.25) is 0 Å². The molecule has 9 heteroatoms. The van der Waals surface area contributed by atoms with Gasteiger partial charge in [-0.25, -0.2) is 13.1 Å². The number of carbonyl (C=O) groups excluding carboxylic acids is 1. The van der Waals surface area contributed by atoms with E-state index < -0.39 is 21.6 Å². The maximum atomic E-state index is 12.9. The van der Waals surface area contributed by atoms with Crippen molar-refractivity contribution < 1.29 is 18.3 Å². The Hall–Kier alpha value is -3.33. The number of hydrogen-bond donors (Lipinski definition) is 1. The Labute approximate surface area is 161 Å². The second kappa shape index (κ2) is 7.01. The van der Waals surface area contributed by atoms with E-state index >= 15 is 0 Å². The van der Waals surface area contributed by atoms with Gasteiger partial charge in [-0.15, -0.1) is 0 Å². The zero-order valence-electron chi connectivity index (χ0n) is 15.5. The first-order valence-electron chi connectivity index (χ1n) is 8.32. The van der Waals surface area contributed by atoms with E-state index in [1.54, 1.807) is 49.0 Å². The van der Waals surface area contributed by atoms with Crippen LogP contribution in [0.2, 0.25) is 0 Å². The van der Waals surface area contributed by atoms with Crippen LogP contribution in [0.15, 0.2) is 58.2 Å². The van der Waals surface area contributed by atoms with Gasteiger partial charge in [0.1, 0.15) is 5.69 Å². The predicted molar refractivity (Wildman–Crippen MR) is 102 cm³/mol. The molecule has 0 atom stereocenters. The second-order valence-corrected chi connectivity index (χ2v) is 7.96. The van der Waals surface area contributed by atoms with Gasteiger partial charge in [-0.05, 0) is 43.2 Å². The maximum Gasteiger partial charge on any atom is 0.296 e. The number of rotatable bonds is 5. The number of aryl methyl sites for hydroxylation is 1. The van der Waals surface area contributed by atoms with Crippen LogP contribution in [-0.4, -0.2) is 23.8 Å². The van der Waals surface area contributed by atoms with Crippen molar-refractivity contribution in [2.24, 2.45) is 7.05 Å². The lowest BCUT2D eigenvalue weighted by atomic mass is 10.1. The maximum absolute atomic E-state index is 12.9. The molecule has 0 aliphatic rings. The van der Waals surface area contributed by atoms with Crippen LogP contribution < -0.4 is 15.4 Å². The number of hydrogen-bond acceptors (Lipinski definition) is 5. The second-order valence-electron chi connectivity index (χ2n) is 6.31. The smallest absolute Gasteiger partial charge is 0.296 e. The van der Waals surface area contributed by atoms with E-state index in [0.29, 0.717) is 16.9 Å². The van der Waals surface area contributed by atoms with Crippen molar-refractivity contribution in [1.29, 1.82) is 0 Å². The van der Waals surface area contributed by atoms with E-state index in [0.717, 1.165) is 6.07 Å². The molecule has 0 radical (unpaired) electrons. The molecule has 0 bridgehead atoms. The highest BCUT2D eigenvalue weighted by molar-refractivity contribution is 7.92. The number of carbonyl (C=O) groups is 1. The lowest BCUT2D eigenvalue weighted by Gasteiger charge is -2.11. The number of benzene rings is 2. The molecule has 1 N–H and O–H groups in total. The normalized spacial score (nSPS) is 11.4. The molecular formula is C19H18N3O5S-. The van der Waals surface area contributed by atoms with Gasteiger partial charge < -0.3 is 9.90 Å². The number of aromatic nitrogens is 2. The quantitative estimate of drug-likeness (QED) is 0.685. The predicted octanol–water partition coefficient (Wildman–Crippen LogP) is 0.957. The SMILES string of the molecule is Cc1ccc(C(=O)[O-])cc1S(=O)(=O)Nc1c(C)n(C)n(-c2ccccc2)c1=O. The summed E-state index contributed by atoms with van der Waals surface area (Å²) in [6.07, 6.45) is 0. The van der Waals surface area contributed by atoms with Crippen molar-refractivity contribution in [3.63, 3.8) is 0 Å². The van der Waals surface area contributed by atoms with Gasteiger partial charge in [0.15, 0.2) is 0 Å². The number of nitrogens with one attached hydrogen (secondary N) is 1. The Morgan fingerprint density at radius 2 is 1.71 bits per heavy atom. The fourth-order valence-electron chi connectivity index (χ4n) is 2.89. The summed E-state index contributed by atoms with van der Waals surface area (Å²) in [5.41, 5.74) is 0.421. The van der Waals surface area contributed by atoms with Crippen LogP contribution in [0.5, 0.6) is 0 Å². The number of carboxylic acid groups (broad SMARTS) is 1. The first-order valence-corrected chi connectivity index (χ1v) is 9.80. The molecule has 1 heterocycles. The van der Waals surface area contributed by atoms with Gasteiger partial charge in [0.25, 0.3) is 15.6 Å². The Morgan fingerprint density at radius 1 is 1.07 bits per heavy atom. The molecule has 0 aliphatic carbocycles. The Morgan fingerprint density at radius 3 is 2.32 bits per heavy atom. The highest BCUT2D eigenvalue weighted by Gasteiger charge is 2.24. The van der Waals surface area contributed by atoms with Crippen molar-refractivity contribution in [1.82, 2.24) is 9.36 Å². The minimum atomic E-state index is -4.20. The summed E-state index contributed by atoms with van der Waals surface area (Å²) < 4.78 is 31.0. The summed E-state index contributed by atoms with van der Waals surface area (Å²) in [6, 6.07) is 12.5. The summed E-state index contributed by atoms with van der Waals surface area (Å²) in [5.74, 6) is -1.49. The average Bonchev–Trinajstić information content (AvgIpc) is 2.85. The van der Waals surface area contributed by atoms with Gasteiger partial charge in [-0.3, -0.25) is 14.2 Å². The van der Waals surface area contributed by atoms with Gasteiger partial charge in [-0.1, -0.05) is 30.3 Å². The molecule has 0 aliphatic heterocycles. The van der Waals surface area contributed by atoms with Crippen LogP contribution in [0.25, 0.3) is 5.69 Å². The summed E-state index contributed by atoms with van der Waals surface area (Å²) in [7, 11) is -2.56. The number of nitrogens with zero attached hydrogens (tertiary/aromatic N) is 2. The Bertz CT molecular complexity index is 1220. The van der Waals surface area contributed by atoms with Crippen molar-refractivity contribution in [3.8, 4) is 5.69 Å². The number of carboxylic acids is 1. The highest BCUT2D eigenvalue weighted by Crippen LogP contribution is 2.22. The third-order valence-electron chi connectivity index (χ3n) is 4.50. The largest absolute Gasteiger partial charge is 0.545 e. The summed E-state index contributed by atoms with van der Waals surface area (Å²) in [4.78, 5) is 23.7. The topological polar surface area (TPSA) is 113 Å². The standard InChI is InChI=1S/C19H19N3O5S/c1-12-9-10-14(19(24)25)11-16(12)28(26,27)20-17-13(2)21(3)22(18(17)23)15-7-5-4-6-8-15/h4-11,20H,1-3H3,(H,24,25)/p-1. The molecular weight excluding hydrogens is 382 g/mol. The van der Waals surface area contributed by atoms with E-state index in [1.165, 1.54) is 23.7 Å². The molecule has 8 nitrogen and oxygen atoms in total. The van der Waals surface area contributed by atoms with Crippen LogP contribution in [-0.2, 0) is 17.1 Å². The van der Waals surface area contributed by atoms with Crippen LogP contribution in [0.3, 0.4) is 0 Å². The third kappa shape index (κ3) is 3.31. The van der Waals surface area contributed by atoms with Gasteiger partial charge in [0, 0.05) is 7.05 Å². The molecule has 0 fully saturated rings. The zero-order valence-corrected chi connectivity index (χ0v) is 16.3. The van der Waals surface area contributed by atoms with Crippen molar-refractivity contribution in [3.05, 3.63) is 75.7 Å². The fourth-order valence-corrected chi connectivity index (χ4v) is 4.28. The van der Waals surface area contributed by atoms with Gasteiger partial charge in [0.05, 0.1) is 22.2 Å². The van der Waals surface area contributed by atoms with Crippen LogP contribution in [0, 0.1) is 13.8 Å². The molecule has 0 saturated heterocycles. The summed E-state index contributed by atoms with van der Waals surface area (Å²) >= 11 is 0. The molecule has 28 heavy (non-hydrogen) atoms. The minimum absolute atomic E-state index is 0.107. The minimum Gasteiger partial charge on any atom is -0.545 e. The van der Waals surface area contributed by atoms with Crippen molar-refractivity contribution in [2.75, 3.05) is 4.72 Å². The number of sulfonamides is 1. The van der Waals surface area contributed by atoms with E-state index in [9.17, 15) is 23.1 Å². The first-order chi connectivity index (χ1) is 13.1. The highest BCUT2D eigenvalue weighted by atomic mass is 32.2. The molecule has 2 aromatic carbocycles. The molecule has 0 unspecified atom stereocenters. The number of para-hydroxylation sites is 1. The van der Waals surface area contributed by atoms with E-state index in [-0.39, 0.29) is 16.1 Å². The van der Waals surface area contributed by atoms with Gasteiger partial charge >= 0.3 is 0 Å². The van der Waals surface area contributed by atoms with E-state index in [2.05, 4.69) is 4.72 Å². The third-order valence-corrected chi connectivity index (χ3v) is 6.00. The lowest BCUT2D eigenvalue weighted by Crippen LogP contribution is -2.25. The van der Waals surface area contributed by atoms with Crippen molar-refractivity contribution in [2.45, 2.75) is 18.7 Å². The number of anilines is 1. The first kappa shape index (κ1) is 19.4. The van der Waals surface area contributed by atoms with E-state index in [1.807, 2.05) is 0 Å².